The summed E-state index contributed by atoms with van der Waals surface area (Å²) in [7, 11) is 1.82. The van der Waals surface area contributed by atoms with Crippen LogP contribution in [0.25, 0.3) is 11.4 Å². The van der Waals surface area contributed by atoms with Crippen molar-refractivity contribution in [3.8, 4) is 11.4 Å². The smallest absolute Gasteiger partial charge is 0.230 e. The van der Waals surface area contributed by atoms with E-state index in [0.29, 0.717) is 37.1 Å². The van der Waals surface area contributed by atoms with E-state index in [0.717, 1.165) is 35.3 Å². The molecule has 3 heterocycles. The third kappa shape index (κ3) is 4.60. The summed E-state index contributed by atoms with van der Waals surface area (Å²) >= 11 is 0. The Morgan fingerprint density at radius 1 is 1.14 bits per heavy atom. The number of rotatable bonds is 6. The summed E-state index contributed by atoms with van der Waals surface area (Å²) in [4.78, 5) is 33.9. The minimum Gasteiger partial charge on any atom is -0.388 e. The van der Waals surface area contributed by atoms with E-state index in [1.54, 1.807) is 11.8 Å². The maximum absolute atomic E-state index is 13.2. The second-order valence-electron chi connectivity index (χ2n) is 9.43. The Bertz CT molecular complexity index is 1280. The molecule has 0 bridgehead atoms. The molecule has 5 rings (SSSR count). The van der Waals surface area contributed by atoms with Gasteiger partial charge in [-0.25, -0.2) is 0 Å². The molecule has 36 heavy (non-hydrogen) atoms. The third-order valence-electron chi connectivity index (χ3n) is 7.09. The lowest BCUT2D eigenvalue weighted by Gasteiger charge is -2.32. The molecular weight excluding hydrogens is 456 g/mol. The van der Waals surface area contributed by atoms with Crippen molar-refractivity contribution in [2.24, 2.45) is 5.92 Å². The normalized spacial score (nSPS) is 18.5. The lowest BCUT2D eigenvalue weighted by atomic mass is 9.95. The van der Waals surface area contributed by atoms with Crippen LogP contribution in [0, 0.1) is 11.3 Å². The summed E-state index contributed by atoms with van der Waals surface area (Å²) in [6, 6.07) is 15.2. The zero-order valence-electron chi connectivity index (χ0n) is 20.5. The van der Waals surface area contributed by atoms with Gasteiger partial charge in [-0.15, -0.1) is 0 Å². The molecule has 186 valence electrons. The maximum atomic E-state index is 13.2. The Morgan fingerprint density at radius 3 is 2.58 bits per heavy atom. The predicted molar refractivity (Wildman–Crippen MR) is 137 cm³/mol. The fraction of sp³-hybridized carbons (Fsp3) is 0.370. The minimum absolute atomic E-state index is 0.00179. The molecule has 3 aromatic rings. The van der Waals surface area contributed by atoms with E-state index >= 15 is 0 Å². The fourth-order valence-electron chi connectivity index (χ4n) is 5.07. The average Bonchev–Trinajstić information content (AvgIpc) is 3.56. The van der Waals surface area contributed by atoms with Gasteiger partial charge in [0.1, 0.15) is 0 Å². The summed E-state index contributed by atoms with van der Waals surface area (Å²) in [5.41, 5.74) is 3.82. The molecule has 0 spiro atoms. The monoisotopic (exact) mass is 486 g/mol. The Hall–Kier alpha value is -4.01. The first kappa shape index (κ1) is 23.7. The number of benzene rings is 2. The summed E-state index contributed by atoms with van der Waals surface area (Å²) < 4.78 is 5.60. The van der Waals surface area contributed by atoms with Crippen LogP contribution >= 0.6 is 0 Å². The largest absolute Gasteiger partial charge is 0.388 e. The standard InChI is InChI=1S/C27H30N6O3/c1-17(28)22-9-8-19(14-23(22)29-2)25-30-26(36-31-25)18-10-12-32(13-11-18)27(35)20-15-24(34)33(16-20)21-6-4-3-5-7-21/h3-9,14,18,20,28-29H,10-13,15-16H2,1-2H3. The number of para-hydroxylation sites is 1. The van der Waals surface area contributed by atoms with E-state index in [1.165, 1.54) is 0 Å². The number of anilines is 2. The zero-order chi connectivity index (χ0) is 25.2. The van der Waals surface area contributed by atoms with Crippen LogP contribution in [0.1, 0.15) is 43.6 Å². The van der Waals surface area contributed by atoms with Crippen molar-refractivity contribution in [1.82, 2.24) is 15.0 Å². The molecule has 9 heteroatoms. The molecule has 2 aliphatic rings. The Labute approximate surface area is 210 Å². The van der Waals surface area contributed by atoms with Crippen LogP contribution in [-0.4, -0.2) is 59.2 Å². The summed E-state index contributed by atoms with van der Waals surface area (Å²) in [6.07, 6.45) is 1.74. The van der Waals surface area contributed by atoms with Crippen LogP contribution in [0.2, 0.25) is 0 Å². The number of carbonyl (C=O) groups is 2. The van der Waals surface area contributed by atoms with Crippen molar-refractivity contribution in [1.29, 1.82) is 5.41 Å². The van der Waals surface area contributed by atoms with Gasteiger partial charge < -0.3 is 25.0 Å². The molecule has 2 amide bonds. The van der Waals surface area contributed by atoms with Gasteiger partial charge in [0.05, 0.1) is 5.92 Å². The molecule has 0 saturated carbocycles. The Morgan fingerprint density at radius 2 is 1.89 bits per heavy atom. The van der Waals surface area contributed by atoms with Crippen LogP contribution < -0.4 is 10.2 Å². The topological polar surface area (TPSA) is 115 Å². The van der Waals surface area contributed by atoms with Crippen molar-refractivity contribution in [3.63, 3.8) is 0 Å². The number of hydrogen-bond donors (Lipinski definition) is 2. The molecule has 0 radical (unpaired) electrons. The molecule has 0 aliphatic carbocycles. The first-order chi connectivity index (χ1) is 17.4. The van der Waals surface area contributed by atoms with Gasteiger partial charge in [0.2, 0.25) is 23.5 Å². The molecule has 2 N–H and O–H groups in total. The van der Waals surface area contributed by atoms with Crippen molar-refractivity contribution in [2.45, 2.75) is 32.1 Å². The molecule has 2 aromatic carbocycles. The van der Waals surface area contributed by atoms with Gasteiger partial charge in [-0.1, -0.05) is 35.5 Å². The van der Waals surface area contributed by atoms with Gasteiger partial charge in [0.15, 0.2) is 0 Å². The van der Waals surface area contributed by atoms with Crippen molar-refractivity contribution >= 4 is 28.9 Å². The van der Waals surface area contributed by atoms with E-state index in [4.69, 9.17) is 9.93 Å². The van der Waals surface area contributed by atoms with Gasteiger partial charge in [-0.2, -0.15) is 4.98 Å². The molecule has 2 aliphatic heterocycles. The van der Waals surface area contributed by atoms with Crippen molar-refractivity contribution in [3.05, 3.63) is 60.0 Å². The summed E-state index contributed by atoms with van der Waals surface area (Å²) in [5.74, 6) is 0.929. The van der Waals surface area contributed by atoms with E-state index in [1.807, 2.05) is 60.5 Å². The van der Waals surface area contributed by atoms with Gasteiger partial charge in [-0.3, -0.25) is 9.59 Å². The quantitative estimate of drug-likeness (QED) is 0.510. The highest BCUT2D eigenvalue weighted by Crippen LogP contribution is 2.32. The Balaban J connectivity index is 1.20. The van der Waals surface area contributed by atoms with Gasteiger partial charge in [0, 0.05) is 67.2 Å². The van der Waals surface area contributed by atoms with Gasteiger partial charge >= 0.3 is 0 Å². The van der Waals surface area contributed by atoms with Crippen molar-refractivity contribution < 1.29 is 14.1 Å². The number of nitrogens with one attached hydrogen (secondary N) is 2. The molecule has 1 unspecified atom stereocenters. The number of aromatic nitrogens is 2. The highest BCUT2D eigenvalue weighted by Gasteiger charge is 2.38. The lowest BCUT2D eigenvalue weighted by molar-refractivity contribution is -0.136. The third-order valence-corrected chi connectivity index (χ3v) is 7.09. The fourth-order valence-corrected chi connectivity index (χ4v) is 5.07. The summed E-state index contributed by atoms with van der Waals surface area (Å²) in [6.45, 7) is 3.39. The molecular formula is C27H30N6O3. The van der Waals surface area contributed by atoms with Crippen LogP contribution in [0.5, 0.6) is 0 Å². The molecule has 2 fully saturated rings. The van der Waals surface area contributed by atoms with Gasteiger partial charge in [0.25, 0.3) is 0 Å². The van der Waals surface area contributed by atoms with Crippen LogP contribution in [0.15, 0.2) is 53.1 Å². The van der Waals surface area contributed by atoms with E-state index in [2.05, 4.69) is 15.5 Å². The van der Waals surface area contributed by atoms with Crippen LogP contribution in [0.3, 0.4) is 0 Å². The molecule has 9 nitrogen and oxygen atoms in total. The van der Waals surface area contributed by atoms with E-state index in [-0.39, 0.29) is 30.1 Å². The first-order valence-corrected chi connectivity index (χ1v) is 12.3. The summed E-state index contributed by atoms with van der Waals surface area (Å²) in [5, 5.41) is 15.2. The van der Waals surface area contributed by atoms with Crippen molar-refractivity contribution in [2.75, 3.05) is 36.9 Å². The second-order valence-corrected chi connectivity index (χ2v) is 9.43. The number of piperidine rings is 1. The second kappa shape index (κ2) is 9.93. The van der Waals surface area contributed by atoms with Crippen LogP contribution in [0.4, 0.5) is 11.4 Å². The first-order valence-electron chi connectivity index (χ1n) is 12.3. The Kier molecular flexibility index (Phi) is 6.54. The number of carbonyl (C=O) groups excluding carboxylic acids is 2. The molecule has 1 atom stereocenters. The van der Waals surface area contributed by atoms with Gasteiger partial charge in [-0.05, 0) is 38.0 Å². The lowest BCUT2D eigenvalue weighted by Crippen LogP contribution is -2.42. The minimum atomic E-state index is -0.307. The number of amides is 2. The van der Waals surface area contributed by atoms with E-state index < -0.39 is 0 Å². The number of nitrogens with zero attached hydrogens (tertiary/aromatic N) is 4. The SMILES string of the molecule is CNc1cc(-c2noc(C3CCN(C(=O)C4CC(=O)N(c5ccccc5)C4)CC3)n2)ccc1C(C)=N. The maximum Gasteiger partial charge on any atom is 0.230 e. The highest BCUT2D eigenvalue weighted by atomic mass is 16.5. The van der Waals surface area contributed by atoms with E-state index in [9.17, 15) is 9.59 Å². The average molecular weight is 487 g/mol. The number of hydrogen-bond acceptors (Lipinski definition) is 7. The molecule has 1 aromatic heterocycles. The predicted octanol–water partition coefficient (Wildman–Crippen LogP) is 3.93. The number of likely N-dealkylation sites (tertiary alicyclic amines) is 1. The molecule has 2 saturated heterocycles. The van der Waals surface area contributed by atoms with Crippen LogP contribution in [-0.2, 0) is 9.59 Å². The zero-order valence-corrected chi connectivity index (χ0v) is 20.5. The highest BCUT2D eigenvalue weighted by molar-refractivity contribution is 6.02.